The van der Waals surface area contributed by atoms with E-state index in [0.717, 1.165) is 64.8 Å². The number of carbonyl (C=O) groups is 1. The van der Waals surface area contributed by atoms with Gasteiger partial charge in [-0.2, -0.15) is 0 Å². The fourth-order valence-corrected chi connectivity index (χ4v) is 4.23. The van der Waals surface area contributed by atoms with E-state index in [9.17, 15) is 4.79 Å². The zero-order valence-electron chi connectivity index (χ0n) is 18.1. The number of rotatable bonds is 5. The molecule has 1 fully saturated rings. The van der Waals surface area contributed by atoms with Crippen LogP contribution in [0, 0.1) is 13.8 Å². The van der Waals surface area contributed by atoms with Crippen molar-refractivity contribution in [2.45, 2.75) is 33.1 Å². The Bertz CT molecular complexity index is 1100. The number of ether oxygens (including phenoxy) is 2. The lowest BCUT2D eigenvalue weighted by Crippen LogP contribution is -2.29. The molecular weight excluding hydrogens is 376 g/mol. The van der Waals surface area contributed by atoms with Crippen LogP contribution >= 0.6 is 0 Å². The maximum atomic E-state index is 12.5. The number of carbonyl (C=O) groups excluding carboxylic acids is 1. The van der Waals surface area contributed by atoms with Gasteiger partial charge in [0.2, 0.25) is 5.91 Å². The molecule has 0 N–H and O–H groups in total. The monoisotopic (exact) mass is 404 g/mol. The Hall–Kier alpha value is -3.08. The van der Waals surface area contributed by atoms with Gasteiger partial charge >= 0.3 is 0 Å². The molecule has 0 aliphatic carbocycles. The predicted molar refractivity (Wildman–Crippen MR) is 119 cm³/mol. The Kier molecular flexibility index (Phi) is 5.62. The van der Waals surface area contributed by atoms with Crippen molar-refractivity contribution in [1.82, 2.24) is 9.88 Å². The van der Waals surface area contributed by atoms with Gasteiger partial charge in [0.25, 0.3) is 0 Å². The minimum atomic E-state index is 0.214. The standard InChI is InChI=1S/C25H28N2O3/c1-16-11-20(25(30-4)23(12-16)29-3)22-13-17(2)19-14-18(7-8-21(19)26-22)15-24(28)27-9-5-6-10-27/h7-8,11-14H,5-6,9-10,15H2,1-4H3. The summed E-state index contributed by atoms with van der Waals surface area (Å²) >= 11 is 0. The number of nitrogens with zero attached hydrogens (tertiary/aromatic N) is 2. The van der Waals surface area contributed by atoms with Gasteiger partial charge in [0.05, 0.1) is 31.9 Å². The highest BCUT2D eigenvalue weighted by Gasteiger charge is 2.19. The minimum Gasteiger partial charge on any atom is -0.493 e. The number of benzene rings is 2. The van der Waals surface area contributed by atoms with E-state index in [4.69, 9.17) is 14.5 Å². The number of likely N-dealkylation sites (tertiary alicyclic amines) is 1. The molecule has 3 aromatic rings. The van der Waals surface area contributed by atoms with Gasteiger partial charge in [-0.3, -0.25) is 4.79 Å². The van der Waals surface area contributed by atoms with Gasteiger partial charge in [-0.1, -0.05) is 6.07 Å². The summed E-state index contributed by atoms with van der Waals surface area (Å²) in [6.07, 6.45) is 2.67. The second-order valence-electron chi connectivity index (χ2n) is 7.99. The number of aryl methyl sites for hydroxylation is 2. The molecule has 2 aromatic carbocycles. The van der Waals surface area contributed by atoms with Crippen LogP contribution < -0.4 is 9.47 Å². The molecular formula is C25H28N2O3. The van der Waals surface area contributed by atoms with Crippen molar-refractivity contribution < 1.29 is 14.3 Å². The van der Waals surface area contributed by atoms with Crippen LogP contribution in [-0.2, 0) is 11.2 Å². The predicted octanol–water partition coefficient (Wildman–Crippen LogP) is 4.70. The maximum Gasteiger partial charge on any atom is 0.226 e. The molecule has 1 amide bonds. The first-order chi connectivity index (χ1) is 14.5. The van der Waals surface area contributed by atoms with E-state index in [0.29, 0.717) is 17.9 Å². The van der Waals surface area contributed by atoms with Gasteiger partial charge < -0.3 is 14.4 Å². The van der Waals surface area contributed by atoms with Gasteiger partial charge in [-0.15, -0.1) is 0 Å². The molecule has 0 atom stereocenters. The summed E-state index contributed by atoms with van der Waals surface area (Å²) in [6.45, 7) is 5.89. The van der Waals surface area contributed by atoms with Gasteiger partial charge in [-0.05, 0) is 73.7 Å². The Morgan fingerprint density at radius 3 is 2.50 bits per heavy atom. The molecule has 0 bridgehead atoms. The van der Waals surface area contributed by atoms with Crippen molar-refractivity contribution in [1.29, 1.82) is 0 Å². The minimum absolute atomic E-state index is 0.214. The molecule has 0 radical (unpaired) electrons. The largest absolute Gasteiger partial charge is 0.493 e. The van der Waals surface area contributed by atoms with E-state index in [-0.39, 0.29) is 5.91 Å². The molecule has 1 aromatic heterocycles. The number of fused-ring (bicyclic) bond motifs is 1. The highest BCUT2D eigenvalue weighted by molar-refractivity contribution is 5.88. The molecule has 5 nitrogen and oxygen atoms in total. The summed E-state index contributed by atoms with van der Waals surface area (Å²) in [6, 6.07) is 12.2. The smallest absolute Gasteiger partial charge is 0.226 e. The number of aromatic nitrogens is 1. The van der Waals surface area contributed by atoms with Crippen molar-refractivity contribution in [3.8, 4) is 22.8 Å². The zero-order valence-corrected chi connectivity index (χ0v) is 18.1. The summed E-state index contributed by atoms with van der Waals surface area (Å²) in [5, 5.41) is 1.07. The molecule has 4 rings (SSSR count). The quantitative estimate of drug-likeness (QED) is 0.618. The summed E-state index contributed by atoms with van der Waals surface area (Å²) in [5.74, 6) is 1.59. The van der Waals surface area contributed by atoms with Crippen LogP contribution in [-0.4, -0.2) is 43.1 Å². The Balaban J connectivity index is 1.71. The number of methoxy groups -OCH3 is 2. The number of hydrogen-bond donors (Lipinski definition) is 0. The SMILES string of the molecule is COc1cc(C)cc(-c2cc(C)c3cc(CC(=O)N4CCCC4)ccc3n2)c1OC. The van der Waals surface area contributed by atoms with E-state index in [2.05, 4.69) is 25.1 Å². The van der Waals surface area contributed by atoms with Crippen LogP contribution in [0.2, 0.25) is 0 Å². The van der Waals surface area contributed by atoms with E-state index < -0.39 is 0 Å². The number of hydrogen-bond acceptors (Lipinski definition) is 4. The first kappa shape index (κ1) is 20.2. The lowest BCUT2D eigenvalue weighted by Gasteiger charge is -2.16. The highest BCUT2D eigenvalue weighted by atomic mass is 16.5. The van der Waals surface area contributed by atoms with Crippen molar-refractivity contribution in [3.63, 3.8) is 0 Å². The fraction of sp³-hybridized carbons (Fsp3) is 0.360. The molecule has 2 heterocycles. The third-order valence-corrected chi connectivity index (χ3v) is 5.79. The first-order valence-electron chi connectivity index (χ1n) is 10.4. The molecule has 1 saturated heterocycles. The Labute approximate surface area is 177 Å². The van der Waals surface area contributed by atoms with Crippen LogP contribution in [0.4, 0.5) is 0 Å². The molecule has 30 heavy (non-hydrogen) atoms. The zero-order chi connectivity index (χ0) is 21.3. The van der Waals surface area contributed by atoms with Crippen molar-refractivity contribution >= 4 is 16.8 Å². The van der Waals surface area contributed by atoms with Crippen molar-refractivity contribution in [2.24, 2.45) is 0 Å². The van der Waals surface area contributed by atoms with Crippen LogP contribution in [0.15, 0.2) is 36.4 Å². The number of amides is 1. The molecule has 1 aliphatic rings. The molecule has 0 spiro atoms. The second kappa shape index (κ2) is 8.34. The molecule has 0 unspecified atom stereocenters. The van der Waals surface area contributed by atoms with Crippen LogP contribution in [0.3, 0.4) is 0 Å². The molecule has 156 valence electrons. The average Bonchev–Trinajstić information content (AvgIpc) is 3.28. The van der Waals surface area contributed by atoms with Crippen molar-refractivity contribution in [3.05, 3.63) is 53.1 Å². The normalized spacial score (nSPS) is 13.7. The molecule has 0 saturated carbocycles. The van der Waals surface area contributed by atoms with Crippen LogP contribution in [0.1, 0.15) is 29.5 Å². The summed E-state index contributed by atoms with van der Waals surface area (Å²) in [7, 11) is 3.29. The highest BCUT2D eigenvalue weighted by Crippen LogP contribution is 2.39. The van der Waals surface area contributed by atoms with E-state index in [1.165, 1.54) is 0 Å². The summed E-state index contributed by atoms with van der Waals surface area (Å²) < 4.78 is 11.1. The molecule has 1 aliphatic heterocycles. The first-order valence-corrected chi connectivity index (χ1v) is 10.4. The third-order valence-electron chi connectivity index (χ3n) is 5.79. The Morgan fingerprint density at radius 2 is 1.80 bits per heavy atom. The maximum absolute atomic E-state index is 12.5. The second-order valence-corrected chi connectivity index (χ2v) is 7.99. The van der Waals surface area contributed by atoms with Crippen molar-refractivity contribution in [2.75, 3.05) is 27.3 Å². The van der Waals surface area contributed by atoms with Crippen LogP contribution in [0.5, 0.6) is 11.5 Å². The topological polar surface area (TPSA) is 51.7 Å². The van der Waals surface area contributed by atoms with Crippen LogP contribution in [0.25, 0.3) is 22.2 Å². The number of pyridine rings is 1. The molecule has 5 heteroatoms. The lowest BCUT2D eigenvalue weighted by molar-refractivity contribution is -0.129. The Morgan fingerprint density at radius 1 is 1.03 bits per heavy atom. The average molecular weight is 405 g/mol. The van der Waals surface area contributed by atoms with Gasteiger partial charge in [0, 0.05) is 24.0 Å². The van der Waals surface area contributed by atoms with Gasteiger partial charge in [0.15, 0.2) is 11.5 Å². The summed E-state index contributed by atoms with van der Waals surface area (Å²) in [5.41, 5.74) is 5.90. The third kappa shape index (κ3) is 3.84. The van der Waals surface area contributed by atoms with E-state index >= 15 is 0 Å². The fourth-order valence-electron chi connectivity index (χ4n) is 4.23. The van der Waals surface area contributed by atoms with E-state index in [1.54, 1.807) is 14.2 Å². The lowest BCUT2D eigenvalue weighted by atomic mass is 10.0. The van der Waals surface area contributed by atoms with E-state index in [1.807, 2.05) is 30.0 Å². The summed E-state index contributed by atoms with van der Waals surface area (Å²) in [4.78, 5) is 19.4. The van der Waals surface area contributed by atoms with Gasteiger partial charge in [0.1, 0.15) is 0 Å². The van der Waals surface area contributed by atoms with Gasteiger partial charge in [-0.25, -0.2) is 4.98 Å².